The first-order valence-electron chi connectivity index (χ1n) is 9.48. The Balaban J connectivity index is 1.52. The molecule has 5 nitrogen and oxygen atoms in total. The Morgan fingerprint density at radius 1 is 1.23 bits per heavy atom. The average molecular weight is 352 g/mol. The number of piperidine rings is 1. The third kappa shape index (κ3) is 4.75. The van der Waals surface area contributed by atoms with Gasteiger partial charge in [-0.25, -0.2) is 4.98 Å². The normalized spacial score (nSPS) is 14.9. The van der Waals surface area contributed by atoms with Gasteiger partial charge in [0.25, 0.3) is 5.91 Å². The van der Waals surface area contributed by atoms with Gasteiger partial charge in [-0.3, -0.25) is 4.79 Å². The number of nitrogens with zero attached hydrogens (tertiary/aromatic N) is 2. The predicted molar refractivity (Wildman–Crippen MR) is 107 cm³/mol. The number of aryl methyl sites for hydroxylation is 1. The van der Waals surface area contributed by atoms with Gasteiger partial charge in [-0.15, -0.1) is 0 Å². The first-order chi connectivity index (χ1) is 12.7. The molecule has 2 N–H and O–H groups in total. The molecule has 1 aromatic carbocycles. The molecule has 2 aromatic rings. The van der Waals surface area contributed by atoms with Gasteiger partial charge in [-0.2, -0.15) is 0 Å². The highest BCUT2D eigenvalue weighted by molar-refractivity contribution is 5.94. The predicted octanol–water partition coefficient (Wildman–Crippen LogP) is 3.61. The van der Waals surface area contributed by atoms with Crippen molar-refractivity contribution < 1.29 is 4.79 Å². The molecular formula is C21H28N4O. The van der Waals surface area contributed by atoms with Crippen LogP contribution in [0.5, 0.6) is 0 Å². The monoisotopic (exact) mass is 352 g/mol. The molecule has 1 aliphatic rings. The van der Waals surface area contributed by atoms with Crippen molar-refractivity contribution in [1.82, 2.24) is 10.3 Å². The van der Waals surface area contributed by atoms with Crippen molar-refractivity contribution >= 4 is 17.4 Å². The number of amides is 1. The Bertz CT molecular complexity index is 721. The third-order valence-electron chi connectivity index (χ3n) is 4.75. The van der Waals surface area contributed by atoms with Gasteiger partial charge in [0.2, 0.25) is 0 Å². The van der Waals surface area contributed by atoms with E-state index < -0.39 is 0 Å². The van der Waals surface area contributed by atoms with Crippen LogP contribution in [-0.4, -0.2) is 36.6 Å². The second-order valence-electron chi connectivity index (χ2n) is 6.94. The van der Waals surface area contributed by atoms with E-state index in [9.17, 15) is 4.79 Å². The van der Waals surface area contributed by atoms with Crippen molar-refractivity contribution in [2.45, 2.75) is 39.2 Å². The molecule has 0 spiro atoms. The molecule has 1 saturated heterocycles. The fraction of sp³-hybridized carbons (Fsp3) is 0.429. The summed E-state index contributed by atoms with van der Waals surface area (Å²) in [6.07, 6.45) is 4.77. The summed E-state index contributed by atoms with van der Waals surface area (Å²) >= 11 is 0. The second-order valence-corrected chi connectivity index (χ2v) is 6.94. The molecule has 0 aliphatic carbocycles. The third-order valence-corrected chi connectivity index (χ3v) is 4.75. The van der Waals surface area contributed by atoms with Gasteiger partial charge >= 0.3 is 0 Å². The zero-order valence-electron chi connectivity index (χ0n) is 15.7. The van der Waals surface area contributed by atoms with Crippen molar-refractivity contribution in [3.05, 3.63) is 53.7 Å². The van der Waals surface area contributed by atoms with E-state index in [1.165, 1.54) is 11.3 Å². The quantitative estimate of drug-likeness (QED) is 0.834. The molecule has 0 radical (unpaired) electrons. The summed E-state index contributed by atoms with van der Waals surface area (Å²) in [5.41, 5.74) is 3.10. The molecule has 0 atom stereocenters. The number of anilines is 2. The fourth-order valence-corrected chi connectivity index (χ4v) is 3.27. The number of hydrogen-bond acceptors (Lipinski definition) is 4. The highest BCUT2D eigenvalue weighted by Gasteiger charge is 2.20. The van der Waals surface area contributed by atoms with E-state index in [0.29, 0.717) is 18.2 Å². The first-order valence-corrected chi connectivity index (χ1v) is 9.48. The molecule has 5 heteroatoms. The molecule has 2 heterocycles. The summed E-state index contributed by atoms with van der Waals surface area (Å²) in [4.78, 5) is 18.7. The number of aromatic nitrogens is 1. The van der Waals surface area contributed by atoms with Crippen LogP contribution < -0.4 is 15.5 Å². The second kappa shape index (κ2) is 8.70. The molecule has 1 aromatic heterocycles. The van der Waals surface area contributed by atoms with Crippen molar-refractivity contribution in [2.24, 2.45) is 0 Å². The van der Waals surface area contributed by atoms with Crippen LogP contribution in [0.4, 0.5) is 11.5 Å². The Kier molecular flexibility index (Phi) is 6.10. The largest absolute Gasteiger partial charge is 0.382 e. The molecule has 1 aliphatic heterocycles. The van der Waals surface area contributed by atoms with E-state index in [0.717, 1.165) is 38.2 Å². The SMILES string of the molecule is CCCNC(=O)c1ccc(N2CCC(Nc3cccc(C)c3)CC2)nc1. The van der Waals surface area contributed by atoms with Crippen LogP contribution in [0.2, 0.25) is 0 Å². The lowest BCUT2D eigenvalue weighted by Crippen LogP contribution is -2.39. The fourth-order valence-electron chi connectivity index (χ4n) is 3.27. The molecule has 3 rings (SSSR count). The van der Waals surface area contributed by atoms with Crippen molar-refractivity contribution in [1.29, 1.82) is 0 Å². The summed E-state index contributed by atoms with van der Waals surface area (Å²) in [7, 11) is 0. The zero-order valence-corrected chi connectivity index (χ0v) is 15.7. The lowest BCUT2D eigenvalue weighted by atomic mass is 10.0. The van der Waals surface area contributed by atoms with Crippen LogP contribution in [0.1, 0.15) is 42.1 Å². The van der Waals surface area contributed by atoms with Crippen LogP contribution >= 0.6 is 0 Å². The number of carbonyl (C=O) groups excluding carboxylic acids is 1. The number of rotatable bonds is 6. The summed E-state index contributed by atoms with van der Waals surface area (Å²) in [6, 6.07) is 12.8. The standard InChI is InChI=1S/C21H28N4O/c1-3-11-22-21(26)17-7-8-20(23-15-17)25-12-9-18(10-13-25)24-19-6-4-5-16(2)14-19/h4-8,14-15,18,24H,3,9-13H2,1-2H3,(H,22,26). The maximum absolute atomic E-state index is 12.0. The summed E-state index contributed by atoms with van der Waals surface area (Å²) in [6.45, 7) is 6.79. The van der Waals surface area contributed by atoms with E-state index in [2.05, 4.69) is 51.7 Å². The van der Waals surface area contributed by atoms with Gasteiger partial charge in [0.05, 0.1) is 5.56 Å². The van der Waals surface area contributed by atoms with Crippen molar-refractivity contribution in [3.8, 4) is 0 Å². The minimum Gasteiger partial charge on any atom is -0.382 e. The molecule has 0 unspecified atom stereocenters. The van der Waals surface area contributed by atoms with Crippen molar-refractivity contribution in [3.63, 3.8) is 0 Å². The average Bonchev–Trinajstić information content (AvgIpc) is 2.67. The maximum Gasteiger partial charge on any atom is 0.252 e. The molecule has 1 amide bonds. The molecule has 1 fully saturated rings. The summed E-state index contributed by atoms with van der Waals surface area (Å²) < 4.78 is 0. The lowest BCUT2D eigenvalue weighted by molar-refractivity contribution is 0.0953. The smallest absolute Gasteiger partial charge is 0.252 e. The molecule has 0 bridgehead atoms. The summed E-state index contributed by atoms with van der Waals surface area (Å²) in [5.74, 6) is 0.901. The van der Waals surface area contributed by atoms with Gasteiger partial charge < -0.3 is 15.5 Å². The molecular weight excluding hydrogens is 324 g/mol. The van der Waals surface area contributed by atoms with Crippen LogP contribution in [0.15, 0.2) is 42.6 Å². The van der Waals surface area contributed by atoms with Gasteiger partial charge in [0, 0.05) is 37.6 Å². The van der Waals surface area contributed by atoms with E-state index >= 15 is 0 Å². The van der Waals surface area contributed by atoms with E-state index in [-0.39, 0.29) is 5.91 Å². The van der Waals surface area contributed by atoms with Crippen LogP contribution in [0.25, 0.3) is 0 Å². The Hall–Kier alpha value is -2.56. The Morgan fingerprint density at radius 2 is 2.04 bits per heavy atom. The number of carbonyl (C=O) groups is 1. The van der Waals surface area contributed by atoms with Crippen molar-refractivity contribution in [2.75, 3.05) is 29.9 Å². The van der Waals surface area contributed by atoms with Gasteiger partial charge in [-0.1, -0.05) is 19.1 Å². The van der Waals surface area contributed by atoms with E-state index in [1.54, 1.807) is 6.20 Å². The molecule has 138 valence electrons. The van der Waals surface area contributed by atoms with Gasteiger partial charge in [-0.05, 0) is 56.0 Å². The number of nitrogens with one attached hydrogen (secondary N) is 2. The maximum atomic E-state index is 12.0. The van der Waals surface area contributed by atoms with Crippen LogP contribution in [-0.2, 0) is 0 Å². The molecule has 0 saturated carbocycles. The first kappa shape index (κ1) is 18.2. The lowest BCUT2D eigenvalue weighted by Gasteiger charge is -2.33. The minimum absolute atomic E-state index is 0.0491. The highest BCUT2D eigenvalue weighted by Crippen LogP contribution is 2.21. The van der Waals surface area contributed by atoms with Gasteiger partial charge in [0.15, 0.2) is 0 Å². The topological polar surface area (TPSA) is 57.3 Å². The Labute approximate surface area is 155 Å². The molecule has 26 heavy (non-hydrogen) atoms. The Morgan fingerprint density at radius 3 is 2.69 bits per heavy atom. The minimum atomic E-state index is -0.0491. The van der Waals surface area contributed by atoms with Gasteiger partial charge in [0.1, 0.15) is 5.82 Å². The number of pyridine rings is 1. The summed E-state index contributed by atoms with van der Waals surface area (Å²) in [5, 5.41) is 6.52. The van der Waals surface area contributed by atoms with E-state index in [1.807, 2.05) is 19.1 Å². The van der Waals surface area contributed by atoms with Crippen LogP contribution in [0.3, 0.4) is 0 Å². The highest BCUT2D eigenvalue weighted by atomic mass is 16.1. The van der Waals surface area contributed by atoms with E-state index in [4.69, 9.17) is 0 Å². The van der Waals surface area contributed by atoms with Crippen LogP contribution in [0, 0.1) is 6.92 Å². The number of benzene rings is 1. The zero-order chi connectivity index (χ0) is 18.4. The number of hydrogen-bond donors (Lipinski definition) is 2.